The molecule has 7 nitrogen and oxygen atoms in total. The van der Waals surface area contributed by atoms with Crippen molar-refractivity contribution < 1.29 is 9.02 Å². The highest BCUT2D eigenvalue weighted by molar-refractivity contribution is 5.93. The molecule has 4 aromatic rings. The van der Waals surface area contributed by atoms with Gasteiger partial charge in [-0.25, -0.2) is 14.0 Å². The summed E-state index contributed by atoms with van der Waals surface area (Å²) < 4.78 is 19.9. The Morgan fingerprint density at radius 1 is 1.17 bits per heavy atom. The molecule has 2 N–H and O–H groups in total. The zero-order valence-electron chi connectivity index (χ0n) is 12.8. The number of hydrogen-bond donors (Lipinski definition) is 1. The predicted molar refractivity (Wildman–Crippen MR) is 86.3 cm³/mol. The van der Waals surface area contributed by atoms with E-state index >= 15 is 0 Å². The number of rotatable bonds is 3. The first-order valence-electron chi connectivity index (χ1n) is 7.37. The summed E-state index contributed by atoms with van der Waals surface area (Å²) in [6.07, 6.45) is 3.40. The second-order valence-corrected chi connectivity index (χ2v) is 5.24. The molecular formula is C16H13FN6O. The molecule has 3 aromatic heterocycles. The molecule has 0 saturated heterocycles. The number of aryl methyl sites for hydroxylation is 1. The van der Waals surface area contributed by atoms with E-state index in [1.165, 1.54) is 12.1 Å². The first-order chi connectivity index (χ1) is 11.7. The second-order valence-electron chi connectivity index (χ2n) is 5.24. The molecule has 0 fully saturated rings. The summed E-state index contributed by atoms with van der Waals surface area (Å²) in [6, 6.07) is 6.26. The number of hydrogen-bond acceptors (Lipinski definition) is 6. The summed E-state index contributed by atoms with van der Waals surface area (Å²) in [5.74, 6) is 0.448. The van der Waals surface area contributed by atoms with Crippen molar-refractivity contribution in [2.45, 2.75) is 13.5 Å². The molecular weight excluding hydrogens is 311 g/mol. The lowest BCUT2D eigenvalue weighted by atomic mass is 10.1. The first kappa shape index (κ1) is 14.3. The summed E-state index contributed by atoms with van der Waals surface area (Å²) in [5, 5.41) is 7.45. The Morgan fingerprint density at radius 2 is 1.96 bits per heavy atom. The molecule has 0 aliphatic carbocycles. The van der Waals surface area contributed by atoms with E-state index in [4.69, 9.17) is 5.73 Å². The fourth-order valence-corrected chi connectivity index (χ4v) is 2.77. The van der Waals surface area contributed by atoms with Crippen LogP contribution in [0.15, 0.2) is 41.3 Å². The number of benzene rings is 1. The van der Waals surface area contributed by atoms with Gasteiger partial charge in [-0.2, -0.15) is 0 Å². The average Bonchev–Trinajstić information content (AvgIpc) is 3.18. The normalized spacial score (nSPS) is 11.2. The van der Waals surface area contributed by atoms with E-state index in [0.717, 1.165) is 16.6 Å². The lowest BCUT2D eigenvalue weighted by Gasteiger charge is -2.08. The van der Waals surface area contributed by atoms with Crippen LogP contribution in [0, 0.1) is 5.82 Å². The topological polar surface area (TPSA) is 95.7 Å². The summed E-state index contributed by atoms with van der Waals surface area (Å²) in [4.78, 5) is 8.82. The number of aromatic nitrogens is 5. The molecule has 1 aromatic carbocycles. The van der Waals surface area contributed by atoms with Crippen LogP contribution in [-0.2, 0) is 6.54 Å². The van der Waals surface area contributed by atoms with Gasteiger partial charge >= 0.3 is 0 Å². The quantitative estimate of drug-likeness (QED) is 0.622. The van der Waals surface area contributed by atoms with Crippen molar-refractivity contribution in [2.24, 2.45) is 0 Å². The standard InChI is InChI=1S/C16H13FN6O/c1-2-23-14-11(9-3-5-10(17)6-4-9)7-19-8-12(14)20-16(23)13-15(18)22-24-21-13/h3-8H,2H2,1H3,(H2,18,22). The van der Waals surface area contributed by atoms with Gasteiger partial charge in [0.2, 0.25) is 0 Å². The van der Waals surface area contributed by atoms with Crippen LogP contribution in [0.25, 0.3) is 33.7 Å². The van der Waals surface area contributed by atoms with Crippen molar-refractivity contribution in [3.8, 4) is 22.6 Å². The van der Waals surface area contributed by atoms with E-state index in [1.807, 2.05) is 11.5 Å². The van der Waals surface area contributed by atoms with E-state index in [1.54, 1.807) is 24.5 Å². The van der Waals surface area contributed by atoms with Crippen LogP contribution in [0.1, 0.15) is 6.92 Å². The SMILES string of the molecule is CCn1c(-c2nonc2N)nc2cncc(-c3ccc(F)cc3)c21. The fourth-order valence-electron chi connectivity index (χ4n) is 2.77. The van der Waals surface area contributed by atoms with E-state index in [-0.39, 0.29) is 11.6 Å². The number of nitrogens with zero attached hydrogens (tertiary/aromatic N) is 5. The number of nitrogen functional groups attached to an aromatic ring is 1. The number of halogens is 1. The van der Waals surface area contributed by atoms with Crippen LogP contribution < -0.4 is 5.73 Å². The largest absolute Gasteiger partial charge is 0.379 e. The monoisotopic (exact) mass is 324 g/mol. The van der Waals surface area contributed by atoms with Crippen molar-refractivity contribution in [3.63, 3.8) is 0 Å². The molecule has 0 spiro atoms. The van der Waals surface area contributed by atoms with Gasteiger partial charge in [-0.1, -0.05) is 12.1 Å². The van der Waals surface area contributed by atoms with Crippen LogP contribution in [0.2, 0.25) is 0 Å². The molecule has 8 heteroatoms. The van der Waals surface area contributed by atoms with E-state index in [0.29, 0.717) is 23.6 Å². The highest BCUT2D eigenvalue weighted by Gasteiger charge is 2.20. The van der Waals surface area contributed by atoms with Gasteiger partial charge in [0.15, 0.2) is 17.3 Å². The van der Waals surface area contributed by atoms with Crippen LogP contribution >= 0.6 is 0 Å². The highest BCUT2D eigenvalue weighted by Crippen LogP contribution is 2.32. The van der Waals surface area contributed by atoms with Crippen LogP contribution in [0.3, 0.4) is 0 Å². The smallest absolute Gasteiger partial charge is 0.199 e. The number of fused-ring (bicyclic) bond motifs is 1. The highest BCUT2D eigenvalue weighted by atomic mass is 19.1. The lowest BCUT2D eigenvalue weighted by Crippen LogP contribution is -2.01. The number of imidazole rings is 1. The molecule has 3 heterocycles. The maximum Gasteiger partial charge on any atom is 0.199 e. The third-order valence-electron chi connectivity index (χ3n) is 3.85. The molecule has 0 bridgehead atoms. The minimum absolute atomic E-state index is 0.177. The molecule has 0 atom stereocenters. The molecule has 0 aliphatic heterocycles. The Labute approximate surface area is 135 Å². The van der Waals surface area contributed by atoms with Crippen molar-refractivity contribution in [1.82, 2.24) is 24.8 Å². The van der Waals surface area contributed by atoms with Gasteiger partial charge in [0.25, 0.3) is 0 Å². The van der Waals surface area contributed by atoms with Crippen LogP contribution in [0.5, 0.6) is 0 Å². The fraction of sp³-hybridized carbons (Fsp3) is 0.125. The lowest BCUT2D eigenvalue weighted by molar-refractivity contribution is 0.310. The van der Waals surface area contributed by atoms with Crippen molar-refractivity contribution in [3.05, 3.63) is 42.5 Å². The Hall–Kier alpha value is -3.29. The Balaban J connectivity index is 2.02. The first-order valence-corrected chi connectivity index (χ1v) is 7.37. The van der Waals surface area contributed by atoms with Gasteiger partial charge in [0.05, 0.1) is 11.7 Å². The summed E-state index contributed by atoms with van der Waals surface area (Å²) in [6.45, 7) is 2.62. The van der Waals surface area contributed by atoms with Crippen molar-refractivity contribution in [2.75, 3.05) is 5.73 Å². The number of nitrogens with two attached hydrogens (primary N) is 1. The minimum atomic E-state index is -0.287. The summed E-state index contributed by atoms with van der Waals surface area (Å²) >= 11 is 0. The van der Waals surface area contributed by atoms with Gasteiger partial charge in [-0.15, -0.1) is 0 Å². The Bertz CT molecular complexity index is 1020. The van der Waals surface area contributed by atoms with E-state index < -0.39 is 0 Å². The zero-order chi connectivity index (χ0) is 16.7. The van der Waals surface area contributed by atoms with Gasteiger partial charge in [-0.05, 0) is 34.9 Å². The van der Waals surface area contributed by atoms with E-state index in [2.05, 4.69) is 24.9 Å². The number of anilines is 1. The second kappa shape index (κ2) is 5.41. The molecule has 0 saturated carbocycles. The molecule has 0 aliphatic rings. The summed E-state index contributed by atoms with van der Waals surface area (Å²) in [5.41, 5.74) is 9.45. The van der Waals surface area contributed by atoms with Crippen molar-refractivity contribution in [1.29, 1.82) is 0 Å². The van der Waals surface area contributed by atoms with Gasteiger partial charge in [-0.3, -0.25) is 4.98 Å². The third kappa shape index (κ3) is 2.11. The average molecular weight is 324 g/mol. The third-order valence-corrected chi connectivity index (χ3v) is 3.85. The van der Waals surface area contributed by atoms with Crippen LogP contribution in [-0.4, -0.2) is 24.8 Å². The molecule has 24 heavy (non-hydrogen) atoms. The molecule has 0 unspecified atom stereocenters. The van der Waals surface area contributed by atoms with Gasteiger partial charge in [0.1, 0.15) is 11.3 Å². The Kier molecular flexibility index (Phi) is 3.23. The molecule has 120 valence electrons. The Morgan fingerprint density at radius 3 is 2.62 bits per heavy atom. The van der Waals surface area contributed by atoms with Crippen LogP contribution in [0.4, 0.5) is 10.2 Å². The van der Waals surface area contributed by atoms with Crippen molar-refractivity contribution >= 4 is 16.9 Å². The van der Waals surface area contributed by atoms with E-state index in [9.17, 15) is 4.39 Å². The minimum Gasteiger partial charge on any atom is -0.379 e. The molecule has 0 radical (unpaired) electrons. The molecule has 0 amide bonds. The predicted octanol–water partition coefficient (Wildman–Crippen LogP) is 2.89. The summed E-state index contributed by atoms with van der Waals surface area (Å²) in [7, 11) is 0. The number of pyridine rings is 1. The van der Waals surface area contributed by atoms with Gasteiger partial charge < -0.3 is 10.3 Å². The van der Waals surface area contributed by atoms with Gasteiger partial charge in [0, 0.05) is 18.3 Å². The molecule has 4 rings (SSSR count). The maximum absolute atomic E-state index is 13.2. The zero-order valence-corrected chi connectivity index (χ0v) is 12.8. The maximum atomic E-state index is 13.2.